The van der Waals surface area contributed by atoms with E-state index in [0.717, 1.165) is 21.5 Å². The monoisotopic (exact) mass is 544 g/mol. The second-order valence-electron chi connectivity index (χ2n) is 7.55. The molecule has 5 aromatic rings. The van der Waals surface area contributed by atoms with Gasteiger partial charge in [0.2, 0.25) is 5.82 Å². The molecule has 4 aromatic carbocycles. The average molecular weight is 546 g/mol. The molecule has 35 heavy (non-hydrogen) atoms. The van der Waals surface area contributed by atoms with Crippen molar-refractivity contribution in [2.75, 3.05) is 5.32 Å². The van der Waals surface area contributed by atoms with E-state index in [2.05, 4.69) is 31.3 Å². The number of halogens is 2. The Labute approximate surface area is 215 Å². The fourth-order valence-corrected chi connectivity index (χ4v) is 3.76. The predicted molar refractivity (Wildman–Crippen MR) is 140 cm³/mol. The highest BCUT2D eigenvalue weighted by Crippen LogP contribution is 2.25. The largest absolute Gasteiger partial charge is 0.457 e. The van der Waals surface area contributed by atoms with Crippen LogP contribution in [0.1, 0.15) is 10.6 Å². The van der Waals surface area contributed by atoms with Crippen molar-refractivity contribution in [2.24, 2.45) is 0 Å². The Morgan fingerprint density at radius 3 is 2.17 bits per heavy atom. The number of anilines is 1. The van der Waals surface area contributed by atoms with Gasteiger partial charge >= 0.3 is 0 Å². The summed E-state index contributed by atoms with van der Waals surface area (Å²) in [7, 11) is 0. The van der Waals surface area contributed by atoms with Crippen LogP contribution in [0.25, 0.3) is 17.1 Å². The number of aromatic nitrogens is 3. The second-order valence-corrected chi connectivity index (χ2v) is 8.90. The third-order valence-corrected chi connectivity index (χ3v) is 5.86. The third-order valence-electron chi connectivity index (χ3n) is 5.07. The maximum atomic E-state index is 13.0. The number of hydrogen-bond donors (Lipinski definition) is 1. The summed E-state index contributed by atoms with van der Waals surface area (Å²) in [6.07, 6.45) is 0. The Hall–Kier alpha value is -3.94. The zero-order chi connectivity index (χ0) is 24.2. The molecule has 0 bridgehead atoms. The minimum Gasteiger partial charge on any atom is -0.457 e. The lowest BCUT2D eigenvalue weighted by atomic mass is 10.2. The highest BCUT2D eigenvalue weighted by atomic mass is 79.9. The van der Waals surface area contributed by atoms with Gasteiger partial charge in [0.15, 0.2) is 5.82 Å². The summed E-state index contributed by atoms with van der Waals surface area (Å²) in [5, 5.41) is 7.95. The Morgan fingerprint density at radius 1 is 0.829 bits per heavy atom. The molecule has 172 valence electrons. The van der Waals surface area contributed by atoms with E-state index in [4.69, 9.17) is 16.3 Å². The van der Waals surface area contributed by atoms with Gasteiger partial charge in [0.05, 0.1) is 5.69 Å². The summed E-state index contributed by atoms with van der Waals surface area (Å²) >= 11 is 9.50. The van der Waals surface area contributed by atoms with Crippen LogP contribution in [0.15, 0.2) is 108 Å². The molecule has 6 nitrogen and oxygen atoms in total. The van der Waals surface area contributed by atoms with Crippen LogP contribution >= 0.6 is 27.5 Å². The van der Waals surface area contributed by atoms with Crippen molar-refractivity contribution in [2.45, 2.75) is 0 Å². The molecule has 0 radical (unpaired) electrons. The average Bonchev–Trinajstić information content (AvgIpc) is 3.32. The fourth-order valence-electron chi connectivity index (χ4n) is 3.37. The molecule has 0 saturated carbocycles. The van der Waals surface area contributed by atoms with E-state index in [1.165, 1.54) is 0 Å². The summed E-state index contributed by atoms with van der Waals surface area (Å²) in [5.74, 6) is 1.56. The van der Waals surface area contributed by atoms with Gasteiger partial charge in [0.1, 0.15) is 11.5 Å². The van der Waals surface area contributed by atoms with Crippen molar-refractivity contribution in [1.29, 1.82) is 0 Å². The molecule has 0 unspecified atom stereocenters. The first-order valence-corrected chi connectivity index (χ1v) is 11.9. The second kappa shape index (κ2) is 10.1. The van der Waals surface area contributed by atoms with Gasteiger partial charge in [-0.1, -0.05) is 57.9 Å². The Kier molecular flexibility index (Phi) is 6.61. The predicted octanol–water partition coefficient (Wildman–Crippen LogP) is 7.39. The van der Waals surface area contributed by atoms with Crippen LogP contribution in [0.4, 0.5) is 5.69 Å². The van der Waals surface area contributed by atoms with Gasteiger partial charge in [0, 0.05) is 20.7 Å². The van der Waals surface area contributed by atoms with E-state index >= 15 is 0 Å². The van der Waals surface area contributed by atoms with Gasteiger partial charge in [-0.2, -0.15) is 0 Å². The van der Waals surface area contributed by atoms with Crippen LogP contribution in [-0.2, 0) is 0 Å². The maximum Gasteiger partial charge on any atom is 0.295 e. The molecule has 1 amide bonds. The van der Waals surface area contributed by atoms with E-state index in [1.807, 2.05) is 66.7 Å². The number of para-hydroxylation sites is 1. The van der Waals surface area contributed by atoms with Crippen LogP contribution in [-0.4, -0.2) is 20.7 Å². The summed E-state index contributed by atoms with van der Waals surface area (Å²) < 4.78 is 8.37. The maximum absolute atomic E-state index is 13.0. The molecule has 0 atom stereocenters. The van der Waals surface area contributed by atoms with Crippen LogP contribution in [0.3, 0.4) is 0 Å². The lowest BCUT2D eigenvalue weighted by Crippen LogP contribution is -2.14. The first-order valence-electron chi connectivity index (χ1n) is 10.7. The van der Waals surface area contributed by atoms with Gasteiger partial charge in [0.25, 0.3) is 5.91 Å². The summed E-state index contributed by atoms with van der Waals surface area (Å²) in [6, 6.07) is 31.4. The van der Waals surface area contributed by atoms with Crippen molar-refractivity contribution >= 4 is 39.1 Å². The fraction of sp³-hybridized carbons (Fsp3) is 0. The van der Waals surface area contributed by atoms with E-state index in [-0.39, 0.29) is 5.82 Å². The topological polar surface area (TPSA) is 69.0 Å². The first-order chi connectivity index (χ1) is 17.0. The minimum atomic E-state index is -0.423. The van der Waals surface area contributed by atoms with Crippen LogP contribution in [0.2, 0.25) is 5.02 Å². The Bertz CT molecular complexity index is 1390. The molecule has 0 aliphatic carbocycles. The molecule has 0 aliphatic rings. The molecule has 0 spiro atoms. The first kappa shape index (κ1) is 22.8. The normalized spacial score (nSPS) is 10.7. The minimum absolute atomic E-state index is 0.0440. The number of rotatable bonds is 6. The van der Waals surface area contributed by atoms with Crippen LogP contribution < -0.4 is 10.1 Å². The quantitative estimate of drug-likeness (QED) is 0.241. The van der Waals surface area contributed by atoms with Gasteiger partial charge in [-0.25, -0.2) is 9.67 Å². The molecule has 0 saturated heterocycles. The number of carbonyl (C=O) groups excluding carboxylic acids is 1. The smallest absolute Gasteiger partial charge is 0.295 e. The molecule has 1 N–H and O–H groups in total. The molecular weight excluding hydrogens is 528 g/mol. The summed E-state index contributed by atoms with van der Waals surface area (Å²) in [4.78, 5) is 17.6. The van der Waals surface area contributed by atoms with Crippen molar-refractivity contribution < 1.29 is 9.53 Å². The van der Waals surface area contributed by atoms with E-state index in [0.29, 0.717) is 22.3 Å². The number of hydrogen-bond acceptors (Lipinski definition) is 4. The van der Waals surface area contributed by atoms with Gasteiger partial charge in [-0.3, -0.25) is 4.79 Å². The van der Waals surface area contributed by atoms with Crippen molar-refractivity contribution in [3.8, 4) is 28.6 Å². The van der Waals surface area contributed by atoms with Crippen molar-refractivity contribution in [3.05, 3.63) is 118 Å². The SMILES string of the molecule is O=C(Nc1ccc(Oc2ccccc2)cc1)c1nc(-c2ccc(Br)cc2)n(-c2ccc(Cl)cc2)n1. The molecule has 1 heterocycles. The van der Waals surface area contributed by atoms with Crippen molar-refractivity contribution in [3.63, 3.8) is 0 Å². The number of nitrogens with zero attached hydrogens (tertiary/aromatic N) is 3. The van der Waals surface area contributed by atoms with Crippen LogP contribution in [0, 0.1) is 0 Å². The summed E-state index contributed by atoms with van der Waals surface area (Å²) in [6.45, 7) is 0. The Morgan fingerprint density at radius 2 is 1.49 bits per heavy atom. The number of benzene rings is 4. The number of carbonyl (C=O) groups is 1. The zero-order valence-electron chi connectivity index (χ0n) is 18.2. The summed E-state index contributed by atoms with van der Waals surface area (Å²) in [5.41, 5.74) is 2.15. The molecule has 1 aromatic heterocycles. The van der Waals surface area contributed by atoms with Crippen LogP contribution in [0.5, 0.6) is 11.5 Å². The lowest BCUT2D eigenvalue weighted by molar-refractivity contribution is 0.101. The standard InChI is InChI=1S/C27H18BrClN4O2/c28-19-8-6-18(7-9-19)26-31-25(32-33(26)22-14-10-20(29)11-15-22)27(34)30-21-12-16-24(17-13-21)35-23-4-2-1-3-5-23/h1-17H,(H,30,34). The van der Waals surface area contributed by atoms with E-state index in [1.54, 1.807) is 41.1 Å². The molecule has 0 fully saturated rings. The Balaban J connectivity index is 1.40. The van der Waals surface area contributed by atoms with Gasteiger partial charge in [-0.15, -0.1) is 5.10 Å². The third kappa shape index (κ3) is 5.42. The van der Waals surface area contributed by atoms with Gasteiger partial charge in [-0.05, 0) is 72.8 Å². The molecule has 0 aliphatic heterocycles. The van der Waals surface area contributed by atoms with E-state index < -0.39 is 5.91 Å². The van der Waals surface area contributed by atoms with E-state index in [9.17, 15) is 4.79 Å². The highest BCUT2D eigenvalue weighted by Gasteiger charge is 2.19. The number of ether oxygens (including phenoxy) is 1. The zero-order valence-corrected chi connectivity index (χ0v) is 20.6. The lowest BCUT2D eigenvalue weighted by Gasteiger charge is -2.07. The molecule has 5 rings (SSSR count). The highest BCUT2D eigenvalue weighted by molar-refractivity contribution is 9.10. The number of nitrogens with one attached hydrogen (secondary N) is 1. The molecule has 8 heteroatoms. The molecular formula is C27H18BrClN4O2. The number of amides is 1. The van der Waals surface area contributed by atoms with Crippen molar-refractivity contribution in [1.82, 2.24) is 14.8 Å². The van der Waals surface area contributed by atoms with Gasteiger partial charge < -0.3 is 10.1 Å².